The second kappa shape index (κ2) is 10.3. The predicted molar refractivity (Wildman–Crippen MR) is 133 cm³/mol. The average Bonchev–Trinajstić information content (AvgIpc) is 3.25. The standard InChI is InChI=1S/C25H31N3O6S/c1-24(2,3)27-22(32)20-13-35-14-28(20)23(33)25(26,34)19(9-15-7-5-4-6-8-15)21(31)16-10-17(29)12-18(30)11-16/h4-8,10-12,19-20,29-30,34H,9,13-14,26H2,1-3H3,(H,27,32)/t19-,20?,25+/m1/s1. The number of hydrogen-bond donors (Lipinski definition) is 5. The summed E-state index contributed by atoms with van der Waals surface area (Å²) in [6, 6.07) is 11.2. The van der Waals surface area contributed by atoms with Gasteiger partial charge in [0.05, 0.1) is 11.8 Å². The van der Waals surface area contributed by atoms with Gasteiger partial charge in [-0.25, -0.2) is 0 Å². The fourth-order valence-corrected chi connectivity index (χ4v) is 5.08. The maximum absolute atomic E-state index is 13.6. The molecule has 2 amide bonds. The number of rotatable bonds is 7. The van der Waals surface area contributed by atoms with E-state index in [4.69, 9.17) is 5.73 Å². The first kappa shape index (κ1) is 26.5. The van der Waals surface area contributed by atoms with Crippen LogP contribution in [0.3, 0.4) is 0 Å². The average molecular weight is 502 g/mol. The number of phenolic OH excluding ortho intramolecular Hbond substituents is 2. The largest absolute Gasteiger partial charge is 0.508 e. The number of nitrogens with two attached hydrogens (primary N) is 1. The molecule has 188 valence electrons. The van der Waals surface area contributed by atoms with Gasteiger partial charge < -0.3 is 25.5 Å². The first-order valence-corrected chi connectivity index (χ1v) is 12.3. The van der Waals surface area contributed by atoms with Crippen molar-refractivity contribution in [3.05, 3.63) is 59.7 Å². The summed E-state index contributed by atoms with van der Waals surface area (Å²) < 4.78 is 0. The van der Waals surface area contributed by atoms with Crippen LogP contribution in [-0.2, 0) is 16.0 Å². The van der Waals surface area contributed by atoms with E-state index in [2.05, 4.69) is 5.32 Å². The molecule has 9 nitrogen and oxygen atoms in total. The molecular formula is C25H31N3O6S. The molecule has 0 radical (unpaired) electrons. The zero-order valence-corrected chi connectivity index (χ0v) is 20.7. The number of ketones is 1. The highest BCUT2D eigenvalue weighted by Crippen LogP contribution is 2.31. The van der Waals surface area contributed by atoms with Crippen molar-refractivity contribution in [1.82, 2.24) is 10.2 Å². The lowest BCUT2D eigenvalue weighted by Crippen LogP contribution is -2.64. The number of aliphatic hydroxyl groups is 1. The molecule has 35 heavy (non-hydrogen) atoms. The number of phenols is 2. The zero-order valence-electron chi connectivity index (χ0n) is 19.9. The van der Waals surface area contributed by atoms with Crippen LogP contribution in [0.2, 0.25) is 0 Å². The molecule has 0 bridgehead atoms. The highest BCUT2D eigenvalue weighted by atomic mass is 32.2. The van der Waals surface area contributed by atoms with Crippen LogP contribution >= 0.6 is 11.8 Å². The van der Waals surface area contributed by atoms with Gasteiger partial charge in [0.1, 0.15) is 17.5 Å². The van der Waals surface area contributed by atoms with Gasteiger partial charge in [-0.3, -0.25) is 20.1 Å². The molecule has 0 saturated carbocycles. The van der Waals surface area contributed by atoms with Gasteiger partial charge in [-0.1, -0.05) is 30.3 Å². The molecule has 1 aliphatic heterocycles. The van der Waals surface area contributed by atoms with Crippen molar-refractivity contribution in [2.24, 2.45) is 11.7 Å². The summed E-state index contributed by atoms with van der Waals surface area (Å²) in [5, 5.41) is 33.9. The number of nitrogens with one attached hydrogen (secondary N) is 1. The molecule has 10 heteroatoms. The first-order chi connectivity index (χ1) is 16.3. The predicted octanol–water partition coefficient (Wildman–Crippen LogP) is 1.60. The van der Waals surface area contributed by atoms with Crippen molar-refractivity contribution < 1.29 is 29.7 Å². The van der Waals surface area contributed by atoms with Crippen LogP contribution in [0.5, 0.6) is 11.5 Å². The minimum absolute atomic E-state index is 0.0886. The van der Waals surface area contributed by atoms with E-state index >= 15 is 0 Å². The van der Waals surface area contributed by atoms with Crippen molar-refractivity contribution in [2.75, 3.05) is 11.6 Å². The lowest BCUT2D eigenvalue weighted by atomic mass is 9.82. The molecule has 0 spiro atoms. The maximum atomic E-state index is 13.6. The summed E-state index contributed by atoms with van der Waals surface area (Å²) in [7, 11) is 0. The van der Waals surface area contributed by atoms with Gasteiger partial charge in [0, 0.05) is 22.9 Å². The summed E-state index contributed by atoms with van der Waals surface area (Å²) >= 11 is 1.34. The lowest BCUT2D eigenvalue weighted by molar-refractivity contribution is -0.158. The Kier molecular flexibility index (Phi) is 7.78. The summed E-state index contributed by atoms with van der Waals surface area (Å²) in [5.41, 5.74) is 3.55. The van der Waals surface area contributed by atoms with Crippen LogP contribution in [0.4, 0.5) is 0 Å². The molecule has 1 heterocycles. The quantitative estimate of drug-likeness (QED) is 0.283. The van der Waals surface area contributed by atoms with Crippen molar-refractivity contribution in [3.8, 4) is 11.5 Å². The number of aromatic hydroxyl groups is 2. The summed E-state index contributed by atoms with van der Waals surface area (Å²) in [6.07, 6.45) is -0.0886. The SMILES string of the molecule is CC(C)(C)NC(=O)C1CSCN1C(=O)[C@@](N)(O)[C@H](Cc1ccccc1)C(=O)c1cc(O)cc(O)c1. The van der Waals surface area contributed by atoms with Gasteiger partial charge in [-0.2, -0.15) is 0 Å². The Morgan fingerprint density at radius 3 is 2.29 bits per heavy atom. The molecule has 0 aromatic heterocycles. The highest BCUT2D eigenvalue weighted by Gasteiger charge is 2.50. The highest BCUT2D eigenvalue weighted by molar-refractivity contribution is 7.99. The van der Waals surface area contributed by atoms with Gasteiger partial charge in [0.25, 0.3) is 5.91 Å². The Morgan fingerprint density at radius 2 is 1.71 bits per heavy atom. The Bertz CT molecular complexity index is 1080. The van der Waals surface area contributed by atoms with E-state index in [1.54, 1.807) is 30.3 Å². The van der Waals surface area contributed by atoms with E-state index in [1.165, 1.54) is 16.7 Å². The molecular weight excluding hydrogens is 470 g/mol. The molecule has 3 atom stereocenters. The zero-order chi connectivity index (χ0) is 26.0. The molecule has 1 saturated heterocycles. The van der Waals surface area contributed by atoms with Gasteiger partial charge in [0.15, 0.2) is 5.78 Å². The summed E-state index contributed by atoms with van der Waals surface area (Å²) in [5.74, 6) is -3.79. The van der Waals surface area contributed by atoms with Gasteiger partial charge in [0.2, 0.25) is 11.6 Å². The molecule has 1 unspecified atom stereocenters. The molecule has 6 N–H and O–H groups in total. The van der Waals surface area contributed by atoms with Crippen LogP contribution in [0.15, 0.2) is 48.5 Å². The summed E-state index contributed by atoms with van der Waals surface area (Å²) in [4.78, 5) is 41.1. The van der Waals surface area contributed by atoms with Gasteiger partial charge in [-0.05, 0) is 44.9 Å². The van der Waals surface area contributed by atoms with Crippen molar-refractivity contribution in [2.45, 2.75) is 44.5 Å². The molecule has 0 aliphatic carbocycles. The van der Waals surface area contributed by atoms with E-state index in [0.717, 1.165) is 18.2 Å². The maximum Gasteiger partial charge on any atom is 0.271 e. The number of Topliss-reactive ketones (excluding diaryl/α,β-unsaturated/α-hetero) is 1. The van der Waals surface area contributed by atoms with Crippen LogP contribution in [0.25, 0.3) is 0 Å². The second-order valence-electron chi connectivity index (χ2n) is 9.70. The van der Waals surface area contributed by atoms with Crippen LogP contribution < -0.4 is 11.1 Å². The third kappa shape index (κ3) is 6.33. The summed E-state index contributed by atoms with van der Waals surface area (Å²) in [6.45, 7) is 5.45. The Hall–Kier alpha value is -3.08. The first-order valence-electron chi connectivity index (χ1n) is 11.1. The monoisotopic (exact) mass is 501 g/mol. The van der Waals surface area contributed by atoms with Crippen molar-refractivity contribution in [1.29, 1.82) is 0 Å². The van der Waals surface area contributed by atoms with Crippen LogP contribution in [-0.4, -0.2) is 66.8 Å². The third-order valence-corrected chi connectivity index (χ3v) is 6.62. The number of benzene rings is 2. The minimum atomic E-state index is -2.67. The Labute approximate surface area is 208 Å². The number of thioether (sulfide) groups is 1. The van der Waals surface area contributed by atoms with Gasteiger partial charge >= 0.3 is 0 Å². The smallest absolute Gasteiger partial charge is 0.271 e. The topological polar surface area (TPSA) is 153 Å². The van der Waals surface area contributed by atoms with Gasteiger partial charge in [-0.15, -0.1) is 11.8 Å². The van der Waals surface area contributed by atoms with E-state index < -0.39 is 34.9 Å². The lowest BCUT2D eigenvalue weighted by Gasteiger charge is -2.36. The Morgan fingerprint density at radius 1 is 1.11 bits per heavy atom. The molecule has 3 rings (SSSR count). The normalized spacial score (nSPS) is 18.5. The number of carbonyl (C=O) groups excluding carboxylic acids is 3. The third-order valence-electron chi connectivity index (χ3n) is 5.60. The number of nitrogens with zero attached hydrogens (tertiary/aromatic N) is 1. The number of carbonyl (C=O) groups is 3. The van der Waals surface area contributed by atoms with Crippen molar-refractivity contribution >= 4 is 29.4 Å². The number of hydrogen-bond acceptors (Lipinski definition) is 8. The molecule has 2 aromatic rings. The fourth-order valence-electron chi connectivity index (χ4n) is 3.93. The Balaban J connectivity index is 1.96. The van der Waals surface area contributed by atoms with Crippen molar-refractivity contribution in [3.63, 3.8) is 0 Å². The fraction of sp³-hybridized carbons (Fsp3) is 0.400. The molecule has 1 fully saturated rings. The van der Waals surface area contributed by atoms with E-state index in [9.17, 15) is 29.7 Å². The molecule has 1 aliphatic rings. The van der Waals surface area contributed by atoms with Crippen LogP contribution in [0.1, 0.15) is 36.7 Å². The molecule has 2 aromatic carbocycles. The van der Waals surface area contributed by atoms with Crippen LogP contribution in [0, 0.1) is 5.92 Å². The van der Waals surface area contributed by atoms with E-state index in [-0.39, 0.29) is 35.3 Å². The van der Waals surface area contributed by atoms with E-state index in [1.807, 2.05) is 20.8 Å². The number of amides is 2. The minimum Gasteiger partial charge on any atom is -0.508 e. The second-order valence-corrected chi connectivity index (χ2v) is 10.7. The van der Waals surface area contributed by atoms with E-state index in [0.29, 0.717) is 11.3 Å².